The summed E-state index contributed by atoms with van der Waals surface area (Å²) in [5, 5.41) is 14.6. The Morgan fingerprint density at radius 3 is 2.32 bits per heavy atom. The molecule has 0 aromatic carbocycles. The molecule has 0 atom stereocenters. The van der Waals surface area contributed by atoms with E-state index in [9.17, 15) is 0 Å². The first kappa shape index (κ1) is 19.0. The fourth-order valence-electron chi connectivity index (χ4n) is 2.32. The molecule has 138 valence electrons. The second kappa shape index (κ2) is 8.13. The van der Waals surface area contributed by atoms with Gasteiger partial charge < -0.3 is 19.7 Å². The number of hydrogen-bond donors (Lipinski definition) is 2. The monoisotopic (exact) mass is 348 g/mol. The topological polar surface area (TPSA) is 101 Å². The van der Waals surface area contributed by atoms with Gasteiger partial charge in [0.1, 0.15) is 5.76 Å². The minimum Gasteiger partial charge on any atom is -0.361 e. The molecule has 2 N–H and O–H groups in total. The van der Waals surface area contributed by atoms with E-state index in [0.717, 1.165) is 29.9 Å². The zero-order valence-electron chi connectivity index (χ0n) is 15.9. The lowest BCUT2D eigenvalue weighted by atomic mass is 9.97. The van der Waals surface area contributed by atoms with Crippen molar-refractivity contribution in [2.45, 2.75) is 66.0 Å². The van der Waals surface area contributed by atoms with Gasteiger partial charge >= 0.3 is 0 Å². The molecule has 0 aliphatic rings. The Morgan fingerprint density at radius 2 is 1.76 bits per heavy atom. The number of aryl methyl sites for hydroxylation is 2. The second-order valence-electron chi connectivity index (χ2n) is 6.78. The molecule has 8 heteroatoms. The Morgan fingerprint density at radius 1 is 1.04 bits per heavy atom. The van der Waals surface area contributed by atoms with E-state index in [-0.39, 0.29) is 5.41 Å². The number of aliphatic imine (C=N–C) groups is 1. The molecule has 2 rings (SSSR count). The molecule has 2 heterocycles. The highest BCUT2D eigenvalue weighted by molar-refractivity contribution is 5.79. The Bertz CT molecular complexity index is 690. The molecule has 0 bridgehead atoms. The van der Waals surface area contributed by atoms with Crippen molar-refractivity contribution < 1.29 is 9.05 Å². The molecular weight excluding hydrogens is 320 g/mol. The van der Waals surface area contributed by atoms with Gasteiger partial charge in [-0.3, -0.25) is 4.99 Å². The van der Waals surface area contributed by atoms with E-state index in [4.69, 9.17) is 9.05 Å². The predicted octanol–water partition coefficient (Wildman–Crippen LogP) is 2.35. The summed E-state index contributed by atoms with van der Waals surface area (Å²) in [5.74, 6) is 2.79. The van der Waals surface area contributed by atoms with E-state index in [1.807, 2.05) is 20.8 Å². The van der Waals surface area contributed by atoms with Gasteiger partial charge in [0.05, 0.1) is 12.2 Å². The first-order chi connectivity index (χ1) is 11.9. The summed E-state index contributed by atoms with van der Waals surface area (Å²) in [4.78, 5) is 8.63. The molecule has 0 spiro atoms. The Balaban J connectivity index is 1.93. The lowest BCUT2D eigenvalue weighted by Crippen LogP contribution is -2.36. The van der Waals surface area contributed by atoms with Crippen molar-refractivity contribution in [3.63, 3.8) is 0 Å². The third kappa shape index (κ3) is 4.80. The molecule has 0 saturated carbocycles. The maximum atomic E-state index is 5.38. The number of hydrogen-bond acceptors (Lipinski definition) is 6. The largest absolute Gasteiger partial charge is 0.361 e. The lowest BCUT2D eigenvalue weighted by molar-refractivity contribution is 0.318. The summed E-state index contributed by atoms with van der Waals surface area (Å²) in [6.07, 6.45) is 1.65. The SMILES string of the molecule is CCc1noc(CC)c1CNC(=NC)NCc1noc(C(C)(C)C)n1. The Kier molecular flexibility index (Phi) is 6.17. The van der Waals surface area contributed by atoms with Crippen LogP contribution in [-0.4, -0.2) is 28.3 Å². The molecule has 0 unspecified atom stereocenters. The number of guanidine groups is 1. The van der Waals surface area contributed by atoms with Crippen LogP contribution in [0.4, 0.5) is 0 Å². The number of aromatic nitrogens is 3. The molecule has 0 saturated heterocycles. The molecule has 0 fully saturated rings. The van der Waals surface area contributed by atoms with Gasteiger partial charge in [0.2, 0.25) is 5.89 Å². The van der Waals surface area contributed by atoms with Gasteiger partial charge in [0, 0.05) is 31.0 Å². The van der Waals surface area contributed by atoms with Gasteiger partial charge in [-0.25, -0.2) is 0 Å². The van der Waals surface area contributed by atoms with E-state index >= 15 is 0 Å². The zero-order valence-corrected chi connectivity index (χ0v) is 15.9. The quantitative estimate of drug-likeness (QED) is 0.610. The van der Waals surface area contributed by atoms with Crippen molar-refractivity contribution in [2.24, 2.45) is 4.99 Å². The first-order valence-corrected chi connectivity index (χ1v) is 8.62. The molecule has 25 heavy (non-hydrogen) atoms. The number of rotatable bonds is 6. The van der Waals surface area contributed by atoms with Gasteiger partial charge in [-0.15, -0.1) is 0 Å². The average molecular weight is 348 g/mol. The Labute approximate surface area is 148 Å². The summed E-state index contributed by atoms with van der Waals surface area (Å²) >= 11 is 0. The standard InChI is InChI=1S/C17H28N6O2/c1-7-12-11(13(8-2)24-22-12)9-19-16(18-6)20-10-14-21-15(25-23-14)17(3,4)5/h7-10H2,1-6H3,(H2,18,19,20). The maximum absolute atomic E-state index is 5.38. The molecule has 2 aromatic heterocycles. The van der Waals surface area contributed by atoms with Gasteiger partial charge in [-0.2, -0.15) is 4.98 Å². The third-order valence-electron chi connectivity index (χ3n) is 3.79. The van der Waals surface area contributed by atoms with Crippen molar-refractivity contribution in [1.82, 2.24) is 25.9 Å². The van der Waals surface area contributed by atoms with Crippen LogP contribution in [0.3, 0.4) is 0 Å². The third-order valence-corrected chi connectivity index (χ3v) is 3.79. The highest BCUT2D eigenvalue weighted by atomic mass is 16.5. The molecule has 0 radical (unpaired) electrons. The van der Waals surface area contributed by atoms with E-state index < -0.39 is 0 Å². The molecule has 0 aliphatic heterocycles. The van der Waals surface area contributed by atoms with E-state index in [1.54, 1.807) is 7.05 Å². The van der Waals surface area contributed by atoms with Crippen LogP contribution in [0.5, 0.6) is 0 Å². The van der Waals surface area contributed by atoms with Gasteiger partial charge in [-0.05, 0) is 6.42 Å². The van der Waals surface area contributed by atoms with Crippen molar-refractivity contribution >= 4 is 5.96 Å². The van der Waals surface area contributed by atoms with Crippen molar-refractivity contribution in [3.05, 3.63) is 28.7 Å². The summed E-state index contributed by atoms with van der Waals surface area (Å²) in [6, 6.07) is 0. The van der Waals surface area contributed by atoms with Gasteiger partial charge in [-0.1, -0.05) is 44.9 Å². The molecular formula is C17H28N6O2. The minimum absolute atomic E-state index is 0.160. The predicted molar refractivity (Wildman–Crippen MR) is 95.3 cm³/mol. The number of nitrogens with zero attached hydrogens (tertiary/aromatic N) is 4. The van der Waals surface area contributed by atoms with Crippen molar-refractivity contribution in [3.8, 4) is 0 Å². The highest BCUT2D eigenvalue weighted by Crippen LogP contribution is 2.19. The fourth-order valence-corrected chi connectivity index (χ4v) is 2.32. The minimum atomic E-state index is -0.160. The van der Waals surface area contributed by atoms with Crippen LogP contribution in [-0.2, 0) is 31.3 Å². The van der Waals surface area contributed by atoms with Crippen LogP contribution in [0, 0.1) is 0 Å². The first-order valence-electron chi connectivity index (χ1n) is 8.62. The van der Waals surface area contributed by atoms with Gasteiger partial charge in [0.15, 0.2) is 11.8 Å². The van der Waals surface area contributed by atoms with E-state index in [1.165, 1.54) is 0 Å². The lowest BCUT2D eigenvalue weighted by Gasteiger charge is -2.11. The van der Waals surface area contributed by atoms with Crippen LogP contribution < -0.4 is 10.6 Å². The highest BCUT2D eigenvalue weighted by Gasteiger charge is 2.21. The van der Waals surface area contributed by atoms with Crippen LogP contribution in [0.15, 0.2) is 14.0 Å². The molecule has 0 amide bonds. The second-order valence-corrected chi connectivity index (χ2v) is 6.78. The smallest absolute Gasteiger partial charge is 0.232 e. The van der Waals surface area contributed by atoms with Crippen LogP contribution in [0.1, 0.15) is 63.4 Å². The van der Waals surface area contributed by atoms with E-state index in [0.29, 0.717) is 30.8 Å². The van der Waals surface area contributed by atoms with Crippen LogP contribution in [0.2, 0.25) is 0 Å². The van der Waals surface area contributed by atoms with Crippen LogP contribution >= 0.6 is 0 Å². The van der Waals surface area contributed by atoms with Crippen molar-refractivity contribution in [1.29, 1.82) is 0 Å². The normalized spacial score (nSPS) is 12.5. The van der Waals surface area contributed by atoms with Crippen LogP contribution in [0.25, 0.3) is 0 Å². The van der Waals surface area contributed by atoms with E-state index in [2.05, 4.69) is 44.8 Å². The molecule has 8 nitrogen and oxygen atoms in total. The fraction of sp³-hybridized carbons (Fsp3) is 0.647. The zero-order chi connectivity index (χ0) is 18.4. The van der Waals surface area contributed by atoms with Gasteiger partial charge in [0.25, 0.3) is 0 Å². The number of nitrogens with one attached hydrogen (secondary N) is 2. The summed E-state index contributed by atoms with van der Waals surface area (Å²) < 4.78 is 10.7. The van der Waals surface area contributed by atoms with Crippen molar-refractivity contribution in [2.75, 3.05) is 7.05 Å². The summed E-state index contributed by atoms with van der Waals surface area (Å²) in [5.41, 5.74) is 1.92. The summed E-state index contributed by atoms with van der Waals surface area (Å²) in [6.45, 7) is 11.3. The summed E-state index contributed by atoms with van der Waals surface area (Å²) in [7, 11) is 1.72. The Hall–Kier alpha value is -2.38. The molecule has 2 aromatic rings. The molecule has 0 aliphatic carbocycles. The maximum Gasteiger partial charge on any atom is 0.232 e. The average Bonchev–Trinajstić information content (AvgIpc) is 3.20.